The summed E-state index contributed by atoms with van der Waals surface area (Å²) in [5.74, 6) is -6.58. The van der Waals surface area contributed by atoms with Gasteiger partial charge in [0.2, 0.25) is 0 Å². The van der Waals surface area contributed by atoms with Gasteiger partial charge in [-0.25, -0.2) is 13.2 Å². The monoisotopic (exact) mass is 274 g/mol. The van der Waals surface area contributed by atoms with Crippen molar-refractivity contribution in [1.82, 2.24) is 0 Å². The van der Waals surface area contributed by atoms with Crippen molar-refractivity contribution in [2.24, 2.45) is 5.41 Å². The molecule has 19 heavy (non-hydrogen) atoms. The molecule has 0 aliphatic heterocycles. The normalized spacial score (nSPS) is 11.3. The van der Waals surface area contributed by atoms with Gasteiger partial charge in [-0.3, -0.25) is 9.59 Å². The molecule has 0 aromatic heterocycles. The number of halogens is 3. The maximum atomic E-state index is 13.5. The molecule has 0 saturated heterocycles. The number of rotatable bonds is 4. The number of ketones is 1. The maximum absolute atomic E-state index is 13.5. The molecule has 0 radical (unpaired) electrons. The predicted molar refractivity (Wildman–Crippen MR) is 61.1 cm³/mol. The van der Waals surface area contributed by atoms with Crippen LogP contribution in [0.5, 0.6) is 0 Å². The zero-order valence-electron chi connectivity index (χ0n) is 10.7. The number of Topliss-reactive ketones (excluding diaryl/α,β-unsaturated/α-hetero) is 1. The van der Waals surface area contributed by atoms with Crippen LogP contribution in [0.15, 0.2) is 12.1 Å². The van der Waals surface area contributed by atoms with Gasteiger partial charge < -0.3 is 4.74 Å². The Labute approximate surface area is 108 Å². The standard InChI is InChI=1S/C13H13F3O3/c1-4-19-12(18)13(2,3)11(17)7-5-6-8(14)10(16)9(7)15/h5-6H,4H2,1-3H3. The molecule has 1 rings (SSSR count). The van der Waals surface area contributed by atoms with E-state index in [2.05, 4.69) is 0 Å². The van der Waals surface area contributed by atoms with Gasteiger partial charge in [0.1, 0.15) is 5.41 Å². The average Bonchev–Trinajstić information content (AvgIpc) is 2.35. The van der Waals surface area contributed by atoms with Crippen molar-refractivity contribution in [2.75, 3.05) is 6.61 Å². The first kappa shape index (κ1) is 15.2. The minimum Gasteiger partial charge on any atom is -0.465 e. The molecular weight excluding hydrogens is 261 g/mol. The second-order valence-electron chi connectivity index (χ2n) is 4.40. The molecule has 1 aromatic rings. The van der Waals surface area contributed by atoms with Crippen LogP contribution in [-0.2, 0) is 9.53 Å². The summed E-state index contributed by atoms with van der Waals surface area (Å²) in [4.78, 5) is 23.6. The Bertz CT molecular complexity index is 524. The molecule has 0 N–H and O–H groups in total. The van der Waals surface area contributed by atoms with E-state index in [0.717, 1.165) is 6.07 Å². The zero-order valence-corrected chi connectivity index (χ0v) is 10.7. The summed E-state index contributed by atoms with van der Waals surface area (Å²) >= 11 is 0. The quantitative estimate of drug-likeness (QED) is 0.367. The summed E-state index contributed by atoms with van der Waals surface area (Å²) < 4.78 is 44.0. The fourth-order valence-electron chi connectivity index (χ4n) is 1.44. The fourth-order valence-corrected chi connectivity index (χ4v) is 1.44. The Morgan fingerprint density at radius 2 is 1.74 bits per heavy atom. The van der Waals surface area contributed by atoms with Gasteiger partial charge in [0, 0.05) is 0 Å². The number of ether oxygens (including phenoxy) is 1. The minimum absolute atomic E-state index is 0.0514. The molecule has 104 valence electrons. The average molecular weight is 274 g/mol. The van der Waals surface area contributed by atoms with Crippen LogP contribution in [0.25, 0.3) is 0 Å². The van der Waals surface area contributed by atoms with Crippen molar-refractivity contribution in [2.45, 2.75) is 20.8 Å². The van der Waals surface area contributed by atoms with Crippen LogP contribution in [0, 0.1) is 22.9 Å². The first-order chi connectivity index (χ1) is 8.73. The topological polar surface area (TPSA) is 43.4 Å². The molecule has 0 amide bonds. The van der Waals surface area contributed by atoms with Crippen LogP contribution in [0.3, 0.4) is 0 Å². The first-order valence-corrected chi connectivity index (χ1v) is 5.59. The molecule has 0 saturated carbocycles. The summed E-state index contributed by atoms with van der Waals surface area (Å²) in [6.07, 6.45) is 0. The van der Waals surface area contributed by atoms with E-state index in [0.29, 0.717) is 6.07 Å². The molecule has 0 aliphatic rings. The van der Waals surface area contributed by atoms with E-state index in [9.17, 15) is 22.8 Å². The molecule has 0 unspecified atom stereocenters. The second kappa shape index (κ2) is 5.42. The highest BCUT2D eigenvalue weighted by atomic mass is 19.2. The molecule has 3 nitrogen and oxygen atoms in total. The van der Waals surface area contributed by atoms with Crippen molar-refractivity contribution >= 4 is 11.8 Å². The van der Waals surface area contributed by atoms with E-state index in [1.807, 2.05) is 0 Å². The zero-order chi connectivity index (χ0) is 14.8. The van der Waals surface area contributed by atoms with Crippen molar-refractivity contribution in [1.29, 1.82) is 0 Å². The first-order valence-electron chi connectivity index (χ1n) is 5.59. The van der Waals surface area contributed by atoms with E-state index in [1.165, 1.54) is 13.8 Å². The number of carbonyl (C=O) groups excluding carboxylic acids is 2. The lowest BCUT2D eigenvalue weighted by Crippen LogP contribution is -2.35. The highest BCUT2D eigenvalue weighted by molar-refractivity contribution is 6.11. The lowest BCUT2D eigenvalue weighted by atomic mass is 9.84. The molecule has 0 fully saturated rings. The molecule has 0 bridgehead atoms. The van der Waals surface area contributed by atoms with Crippen molar-refractivity contribution in [3.63, 3.8) is 0 Å². The van der Waals surface area contributed by atoms with Gasteiger partial charge in [-0.2, -0.15) is 0 Å². The van der Waals surface area contributed by atoms with E-state index < -0.39 is 40.2 Å². The number of esters is 1. The van der Waals surface area contributed by atoms with E-state index in [-0.39, 0.29) is 6.61 Å². The Morgan fingerprint density at radius 3 is 2.26 bits per heavy atom. The van der Waals surface area contributed by atoms with Gasteiger partial charge in [0.15, 0.2) is 23.2 Å². The molecule has 0 spiro atoms. The number of benzene rings is 1. The molecular formula is C13H13F3O3. The highest BCUT2D eigenvalue weighted by Gasteiger charge is 2.40. The van der Waals surface area contributed by atoms with E-state index in [4.69, 9.17) is 4.74 Å². The van der Waals surface area contributed by atoms with Crippen LogP contribution in [-0.4, -0.2) is 18.4 Å². The molecule has 0 atom stereocenters. The fraction of sp³-hybridized carbons (Fsp3) is 0.385. The second-order valence-corrected chi connectivity index (χ2v) is 4.40. The molecule has 0 aliphatic carbocycles. The molecule has 1 aromatic carbocycles. The smallest absolute Gasteiger partial charge is 0.319 e. The Balaban J connectivity index is 3.21. The largest absolute Gasteiger partial charge is 0.465 e. The van der Waals surface area contributed by atoms with Gasteiger partial charge in [-0.1, -0.05) is 0 Å². The Kier molecular flexibility index (Phi) is 4.34. The molecule has 0 heterocycles. The van der Waals surface area contributed by atoms with Crippen LogP contribution in [0.4, 0.5) is 13.2 Å². The van der Waals surface area contributed by atoms with Crippen LogP contribution in [0.1, 0.15) is 31.1 Å². The van der Waals surface area contributed by atoms with Crippen molar-refractivity contribution < 1.29 is 27.5 Å². The highest BCUT2D eigenvalue weighted by Crippen LogP contribution is 2.26. The number of hydrogen-bond donors (Lipinski definition) is 0. The van der Waals surface area contributed by atoms with E-state index >= 15 is 0 Å². The van der Waals surface area contributed by atoms with Crippen LogP contribution < -0.4 is 0 Å². The summed E-state index contributed by atoms with van der Waals surface area (Å²) in [5, 5.41) is 0. The van der Waals surface area contributed by atoms with Gasteiger partial charge in [0.05, 0.1) is 12.2 Å². The van der Waals surface area contributed by atoms with E-state index in [1.54, 1.807) is 6.92 Å². The van der Waals surface area contributed by atoms with Gasteiger partial charge in [0.25, 0.3) is 0 Å². The van der Waals surface area contributed by atoms with Gasteiger partial charge in [-0.15, -0.1) is 0 Å². The summed E-state index contributed by atoms with van der Waals surface area (Å²) in [5.41, 5.74) is -2.36. The number of carbonyl (C=O) groups is 2. The third-order valence-electron chi connectivity index (χ3n) is 2.63. The Morgan fingerprint density at radius 1 is 1.16 bits per heavy atom. The van der Waals surface area contributed by atoms with Gasteiger partial charge in [-0.05, 0) is 32.9 Å². The van der Waals surface area contributed by atoms with Crippen LogP contribution >= 0.6 is 0 Å². The van der Waals surface area contributed by atoms with Crippen molar-refractivity contribution in [3.8, 4) is 0 Å². The summed E-state index contributed by atoms with van der Waals surface area (Å²) in [6.45, 7) is 4.06. The number of hydrogen-bond acceptors (Lipinski definition) is 3. The lowest BCUT2D eigenvalue weighted by Gasteiger charge is -2.21. The third kappa shape index (κ3) is 2.77. The van der Waals surface area contributed by atoms with Gasteiger partial charge >= 0.3 is 5.97 Å². The predicted octanol–water partition coefficient (Wildman–Crippen LogP) is 2.88. The third-order valence-corrected chi connectivity index (χ3v) is 2.63. The summed E-state index contributed by atoms with van der Waals surface area (Å²) in [7, 11) is 0. The minimum atomic E-state index is -1.74. The summed E-state index contributed by atoms with van der Waals surface area (Å²) in [6, 6.07) is 1.43. The Hall–Kier alpha value is -1.85. The van der Waals surface area contributed by atoms with Crippen LogP contribution in [0.2, 0.25) is 0 Å². The van der Waals surface area contributed by atoms with Crippen molar-refractivity contribution in [3.05, 3.63) is 35.1 Å². The lowest BCUT2D eigenvalue weighted by molar-refractivity contribution is -0.150. The SMILES string of the molecule is CCOC(=O)C(C)(C)C(=O)c1ccc(F)c(F)c1F. The maximum Gasteiger partial charge on any atom is 0.319 e. The molecule has 6 heteroatoms.